The van der Waals surface area contributed by atoms with E-state index in [1.165, 1.54) is 11.1 Å². The van der Waals surface area contributed by atoms with E-state index >= 15 is 0 Å². The summed E-state index contributed by atoms with van der Waals surface area (Å²) in [4.78, 5) is 19.4. The van der Waals surface area contributed by atoms with Crippen LogP contribution in [0.25, 0.3) is 6.08 Å². The Morgan fingerprint density at radius 2 is 1.84 bits per heavy atom. The number of rotatable bonds is 5. The number of carbonyl (C=O) groups is 1. The molecule has 1 fully saturated rings. The molecule has 5 heteroatoms. The summed E-state index contributed by atoms with van der Waals surface area (Å²) < 4.78 is 5.83. The average molecular weight is 437 g/mol. The largest absolute Gasteiger partial charge is 0.475 e. The normalized spacial score (nSPS) is 19.6. The number of likely N-dealkylation sites (tertiary alicyclic amines) is 1. The van der Waals surface area contributed by atoms with E-state index in [2.05, 4.69) is 44.2 Å². The maximum atomic E-state index is 12.7. The highest BCUT2D eigenvalue weighted by Gasteiger charge is 2.24. The molecular weight excluding hydrogens is 408 g/mol. The molecule has 2 unspecified atom stereocenters. The van der Waals surface area contributed by atoms with Gasteiger partial charge in [0.15, 0.2) is 0 Å². The number of halogens is 1. The van der Waals surface area contributed by atoms with Crippen LogP contribution >= 0.6 is 11.6 Å². The van der Waals surface area contributed by atoms with Crippen LogP contribution in [0.1, 0.15) is 54.6 Å². The first-order valence-electron chi connectivity index (χ1n) is 11.1. The zero-order valence-electron chi connectivity index (χ0n) is 18.2. The lowest BCUT2D eigenvalue weighted by molar-refractivity contribution is 0.0744. The highest BCUT2D eigenvalue weighted by molar-refractivity contribution is 6.30. The topological polar surface area (TPSA) is 41.9 Å². The first-order valence-corrected chi connectivity index (χ1v) is 11.5. The summed E-state index contributed by atoms with van der Waals surface area (Å²) in [6, 6.07) is 15.8. The van der Waals surface area contributed by atoms with E-state index in [9.17, 15) is 4.79 Å². The van der Waals surface area contributed by atoms with Gasteiger partial charge in [-0.2, -0.15) is 0 Å². The molecule has 31 heavy (non-hydrogen) atoms. The summed E-state index contributed by atoms with van der Waals surface area (Å²) >= 11 is 5.92. The first kappa shape index (κ1) is 21.6. The molecule has 2 aromatic carbocycles. The van der Waals surface area contributed by atoms with Crippen LogP contribution in [0.4, 0.5) is 0 Å². The molecule has 4 rings (SSSR count). The number of hydrogen-bond acceptors (Lipinski definition) is 3. The van der Waals surface area contributed by atoms with Crippen LogP contribution in [0.15, 0.2) is 59.1 Å². The number of benzene rings is 2. The number of amides is 1. The van der Waals surface area contributed by atoms with Crippen LogP contribution in [0.5, 0.6) is 0 Å². The monoisotopic (exact) mass is 436 g/mol. The lowest BCUT2D eigenvalue weighted by Crippen LogP contribution is -2.36. The minimum absolute atomic E-state index is 0.0769. The number of aliphatic imine (C=N–C) groups is 1. The van der Waals surface area contributed by atoms with E-state index in [1.807, 2.05) is 4.90 Å². The van der Waals surface area contributed by atoms with Crippen molar-refractivity contribution in [2.24, 2.45) is 10.9 Å². The second kappa shape index (κ2) is 9.69. The highest BCUT2D eigenvalue weighted by atomic mass is 35.5. The Labute approximate surface area is 189 Å². The zero-order valence-corrected chi connectivity index (χ0v) is 18.9. The molecule has 0 bridgehead atoms. The summed E-state index contributed by atoms with van der Waals surface area (Å²) in [5.41, 5.74) is 4.28. The summed E-state index contributed by atoms with van der Waals surface area (Å²) in [5.74, 6) is 1.38. The third kappa shape index (κ3) is 5.19. The number of nitrogens with zero attached hydrogens (tertiary/aromatic N) is 2. The number of carbonyl (C=O) groups excluding carboxylic acids is 1. The van der Waals surface area contributed by atoms with Crippen LogP contribution in [0, 0.1) is 5.92 Å². The van der Waals surface area contributed by atoms with E-state index in [4.69, 9.17) is 21.3 Å². The standard InChI is InChI=1S/C26H29ClN2O2/c1-3-18(2)24-17-31-25(28-24)21-6-4-19(5-7-21)16-20-12-14-29(15-13-20)26(30)22-8-10-23(27)11-9-22/h4-11,16,18,24H,3,12-15,17H2,1-2H3. The zero-order chi connectivity index (χ0) is 21.8. The smallest absolute Gasteiger partial charge is 0.253 e. The van der Waals surface area contributed by atoms with Crippen LogP contribution in [-0.2, 0) is 4.74 Å². The van der Waals surface area contributed by atoms with Crippen molar-refractivity contribution in [2.75, 3.05) is 19.7 Å². The number of ether oxygens (including phenoxy) is 1. The van der Waals surface area contributed by atoms with E-state index in [0.717, 1.165) is 43.8 Å². The molecule has 1 amide bonds. The molecule has 2 aromatic rings. The average Bonchev–Trinajstić information content (AvgIpc) is 3.30. The SMILES string of the molecule is CCC(C)C1COC(c2ccc(C=C3CCN(C(=O)c4ccc(Cl)cc4)CC3)cc2)=N1. The Bertz CT molecular complexity index is 969. The van der Waals surface area contributed by atoms with Crippen LogP contribution in [-0.4, -0.2) is 42.4 Å². The van der Waals surface area contributed by atoms with E-state index in [1.54, 1.807) is 24.3 Å². The lowest BCUT2D eigenvalue weighted by Gasteiger charge is -2.28. The molecule has 0 saturated carbocycles. The summed E-state index contributed by atoms with van der Waals surface area (Å²) in [6.45, 7) is 6.59. The van der Waals surface area contributed by atoms with Gasteiger partial charge in [0.05, 0.1) is 6.04 Å². The fraction of sp³-hybridized carbons (Fsp3) is 0.385. The van der Waals surface area contributed by atoms with Crippen LogP contribution < -0.4 is 0 Å². The number of piperidine rings is 1. The number of hydrogen-bond donors (Lipinski definition) is 0. The van der Waals surface area contributed by atoms with E-state index in [-0.39, 0.29) is 11.9 Å². The summed E-state index contributed by atoms with van der Waals surface area (Å²) in [5, 5.41) is 0.647. The predicted molar refractivity (Wildman–Crippen MR) is 127 cm³/mol. The van der Waals surface area contributed by atoms with Crippen molar-refractivity contribution >= 4 is 29.5 Å². The van der Waals surface area contributed by atoms with Gasteiger partial charge in [-0.3, -0.25) is 4.79 Å². The fourth-order valence-electron chi connectivity index (χ4n) is 3.98. The Balaban J connectivity index is 1.35. The van der Waals surface area contributed by atoms with Crippen molar-refractivity contribution in [2.45, 2.75) is 39.2 Å². The first-order chi connectivity index (χ1) is 15.0. The van der Waals surface area contributed by atoms with Gasteiger partial charge in [-0.25, -0.2) is 4.99 Å². The summed E-state index contributed by atoms with van der Waals surface area (Å²) in [7, 11) is 0. The van der Waals surface area contributed by atoms with Gasteiger partial charge in [0.1, 0.15) is 6.61 Å². The molecular formula is C26H29ClN2O2. The molecule has 0 N–H and O–H groups in total. The van der Waals surface area contributed by atoms with Crippen molar-refractivity contribution < 1.29 is 9.53 Å². The Kier molecular flexibility index (Phi) is 6.77. The second-order valence-electron chi connectivity index (χ2n) is 8.42. The van der Waals surface area contributed by atoms with Gasteiger partial charge in [-0.1, -0.05) is 55.7 Å². The van der Waals surface area contributed by atoms with Crippen molar-refractivity contribution in [3.63, 3.8) is 0 Å². The molecule has 162 valence electrons. The minimum atomic E-state index is 0.0769. The predicted octanol–water partition coefficient (Wildman–Crippen LogP) is 5.85. The molecule has 0 aromatic heterocycles. The molecule has 0 spiro atoms. The minimum Gasteiger partial charge on any atom is -0.475 e. The van der Waals surface area contributed by atoms with Gasteiger partial charge < -0.3 is 9.64 Å². The van der Waals surface area contributed by atoms with Gasteiger partial charge in [0.2, 0.25) is 5.90 Å². The quantitative estimate of drug-likeness (QED) is 0.589. The van der Waals surface area contributed by atoms with Crippen molar-refractivity contribution in [1.82, 2.24) is 4.90 Å². The molecule has 0 aliphatic carbocycles. The van der Waals surface area contributed by atoms with Gasteiger partial charge >= 0.3 is 0 Å². The van der Waals surface area contributed by atoms with Crippen LogP contribution in [0.2, 0.25) is 5.02 Å². The third-order valence-corrected chi connectivity index (χ3v) is 6.54. The Morgan fingerprint density at radius 1 is 1.16 bits per heavy atom. The van der Waals surface area contributed by atoms with Crippen molar-refractivity contribution in [3.8, 4) is 0 Å². The lowest BCUT2D eigenvalue weighted by atomic mass is 9.99. The van der Waals surface area contributed by atoms with Crippen molar-refractivity contribution in [1.29, 1.82) is 0 Å². The van der Waals surface area contributed by atoms with E-state index < -0.39 is 0 Å². The molecule has 4 nitrogen and oxygen atoms in total. The molecule has 2 heterocycles. The molecule has 2 aliphatic heterocycles. The molecule has 2 aliphatic rings. The Hall–Kier alpha value is -2.59. The molecule has 0 radical (unpaired) electrons. The summed E-state index contributed by atoms with van der Waals surface area (Å²) in [6.07, 6.45) is 5.15. The van der Waals surface area contributed by atoms with E-state index in [0.29, 0.717) is 23.1 Å². The molecule has 1 saturated heterocycles. The van der Waals surface area contributed by atoms with Gasteiger partial charge in [-0.15, -0.1) is 0 Å². The maximum Gasteiger partial charge on any atom is 0.253 e. The van der Waals surface area contributed by atoms with Crippen molar-refractivity contribution in [3.05, 3.63) is 75.8 Å². The van der Waals surface area contributed by atoms with Crippen LogP contribution in [0.3, 0.4) is 0 Å². The second-order valence-corrected chi connectivity index (χ2v) is 8.86. The molecule has 2 atom stereocenters. The van der Waals surface area contributed by atoms with Gasteiger partial charge in [-0.05, 0) is 60.7 Å². The fourth-order valence-corrected chi connectivity index (χ4v) is 4.11. The highest BCUT2D eigenvalue weighted by Crippen LogP contribution is 2.23. The van der Waals surface area contributed by atoms with Gasteiger partial charge in [0, 0.05) is 29.2 Å². The third-order valence-electron chi connectivity index (χ3n) is 6.29. The van der Waals surface area contributed by atoms with Gasteiger partial charge in [0.25, 0.3) is 5.91 Å². The Morgan fingerprint density at radius 3 is 2.48 bits per heavy atom. The maximum absolute atomic E-state index is 12.7.